The third-order valence-electron chi connectivity index (χ3n) is 1.86. The largest absolute Gasteiger partial charge is 0.479 e. The van der Waals surface area contributed by atoms with Crippen molar-refractivity contribution in [1.82, 2.24) is 0 Å². The zero-order valence-corrected chi connectivity index (χ0v) is 7.22. The monoisotopic (exact) mass is 199 g/mol. The molecule has 0 saturated carbocycles. The minimum absolute atomic E-state index is 0.0117. The van der Waals surface area contributed by atoms with Crippen LogP contribution in [0.3, 0.4) is 0 Å². The van der Waals surface area contributed by atoms with Crippen LogP contribution >= 0.6 is 0 Å². The van der Waals surface area contributed by atoms with Gasteiger partial charge in [0.1, 0.15) is 5.82 Å². The number of halogens is 1. The van der Waals surface area contributed by atoms with Crippen LogP contribution < -0.4 is 5.73 Å². The number of carboxylic acids is 1. The molecule has 0 saturated heterocycles. The summed E-state index contributed by atoms with van der Waals surface area (Å²) in [6.07, 6.45) is -1.80. The third kappa shape index (κ3) is 2.07. The van der Waals surface area contributed by atoms with Gasteiger partial charge in [0.2, 0.25) is 0 Å². The van der Waals surface area contributed by atoms with Gasteiger partial charge in [0.05, 0.1) is 6.04 Å². The molecule has 14 heavy (non-hydrogen) atoms. The van der Waals surface area contributed by atoms with Gasteiger partial charge in [-0.15, -0.1) is 0 Å². The molecule has 0 amide bonds. The minimum atomic E-state index is -1.80. The number of nitrogens with two attached hydrogens (primary N) is 1. The Labute approximate surface area is 79.8 Å². The van der Waals surface area contributed by atoms with E-state index >= 15 is 0 Å². The lowest BCUT2D eigenvalue weighted by Gasteiger charge is -2.15. The predicted octanol–water partition coefficient (Wildman–Crippen LogP) is 0.271. The van der Waals surface area contributed by atoms with E-state index in [4.69, 9.17) is 15.9 Å². The first kappa shape index (κ1) is 10.6. The van der Waals surface area contributed by atoms with Gasteiger partial charge >= 0.3 is 5.97 Å². The van der Waals surface area contributed by atoms with E-state index in [0.717, 1.165) is 6.07 Å². The second-order valence-electron chi connectivity index (χ2n) is 2.83. The van der Waals surface area contributed by atoms with Crippen LogP contribution in [0, 0.1) is 5.82 Å². The highest BCUT2D eigenvalue weighted by Gasteiger charge is 2.25. The van der Waals surface area contributed by atoms with Crippen molar-refractivity contribution in [3.63, 3.8) is 0 Å². The van der Waals surface area contributed by atoms with E-state index in [1.807, 2.05) is 0 Å². The lowest BCUT2D eigenvalue weighted by molar-refractivity contribution is -0.147. The molecular weight excluding hydrogens is 189 g/mol. The van der Waals surface area contributed by atoms with Crippen molar-refractivity contribution in [3.8, 4) is 0 Å². The maximum absolute atomic E-state index is 13.1. The third-order valence-corrected chi connectivity index (χ3v) is 1.86. The molecule has 0 aliphatic heterocycles. The molecule has 0 bridgehead atoms. The number of aliphatic hydroxyl groups excluding tert-OH is 1. The number of carboxylic acid groups (broad SMARTS) is 1. The van der Waals surface area contributed by atoms with Gasteiger partial charge in [-0.05, 0) is 6.07 Å². The van der Waals surface area contributed by atoms with Gasteiger partial charge in [-0.25, -0.2) is 9.18 Å². The van der Waals surface area contributed by atoms with Gasteiger partial charge in [0, 0.05) is 5.56 Å². The molecule has 1 aromatic rings. The fourth-order valence-electron chi connectivity index (χ4n) is 1.07. The molecule has 0 spiro atoms. The van der Waals surface area contributed by atoms with Crippen LogP contribution in [0.1, 0.15) is 11.6 Å². The van der Waals surface area contributed by atoms with E-state index in [2.05, 4.69) is 0 Å². The second-order valence-corrected chi connectivity index (χ2v) is 2.83. The zero-order chi connectivity index (χ0) is 10.7. The summed E-state index contributed by atoms with van der Waals surface area (Å²) < 4.78 is 13.1. The Bertz CT molecular complexity index is 343. The highest BCUT2D eigenvalue weighted by Crippen LogP contribution is 2.17. The molecule has 0 unspecified atom stereocenters. The van der Waals surface area contributed by atoms with E-state index in [1.54, 1.807) is 0 Å². The first-order chi connectivity index (χ1) is 6.54. The summed E-state index contributed by atoms with van der Waals surface area (Å²) in [7, 11) is 0. The van der Waals surface area contributed by atoms with Gasteiger partial charge in [0.25, 0.3) is 0 Å². The molecule has 0 fully saturated rings. The van der Waals surface area contributed by atoms with Crippen molar-refractivity contribution in [2.24, 2.45) is 5.73 Å². The molecular formula is C9H10FNO3. The summed E-state index contributed by atoms with van der Waals surface area (Å²) in [6.45, 7) is 0. The van der Waals surface area contributed by atoms with Crippen LogP contribution in [0.4, 0.5) is 4.39 Å². The topological polar surface area (TPSA) is 83.5 Å². The second kappa shape index (κ2) is 4.17. The fourth-order valence-corrected chi connectivity index (χ4v) is 1.07. The summed E-state index contributed by atoms with van der Waals surface area (Å²) in [4.78, 5) is 10.4. The number of benzene rings is 1. The van der Waals surface area contributed by atoms with E-state index in [1.165, 1.54) is 18.2 Å². The average Bonchev–Trinajstić information content (AvgIpc) is 2.16. The Morgan fingerprint density at radius 3 is 2.50 bits per heavy atom. The van der Waals surface area contributed by atoms with E-state index in [-0.39, 0.29) is 5.56 Å². The van der Waals surface area contributed by atoms with E-state index < -0.39 is 23.9 Å². The summed E-state index contributed by atoms with van der Waals surface area (Å²) in [5.74, 6) is -2.10. The summed E-state index contributed by atoms with van der Waals surface area (Å²) >= 11 is 0. The van der Waals surface area contributed by atoms with Crippen LogP contribution in [0.5, 0.6) is 0 Å². The minimum Gasteiger partial charge on any atom is -0.479 e. The molecule has 5 heteroatoms. The molecule has 0 radical (unpaired) electrons. The first-order valence-electron chi connectivity index (χ1n) is 3.95. The maximum atomic E-state index is 13.1. The van der Waals surface area contributed by atoms with Crippen LogP contribution in [0.25, 0.3) is 0 Å². The molecule has 1 aromatic carbocycles. The number of rotatable bonds is 3. The van der Waals surface area contributed by atoms with E-state index in [9.17, 15) is 9.18 Å². The Morgan fingerprint density at radius 1 is 1.43 bits per heavy atom. The van der Waals surface area contributed by atoms with Gasteiger partial charge < -0.3 is 15.9 Å². The smallest absolute Gasteiger partial charge is 0.334 e. The summed E-state index contributed by atoms with van der Waals surface area (Å²) in [6, 6.07) is 4.22. The maximum Gasteiger partial charge on any atom is 0.334 e. The van der Waals surface area contributed by atoms with Crippen molar-refractivity contribution in [3.05, 3.63) is 35.6 Å². The zero-order valence-electron chi connectivity index (χ0n) is 7.22. The van der Waals surface area contributed by atoms with Gasteiger partial charge in [-0.2, -0.15) is 0 Å². The number of aliphatic hydroxyl groups is 1. The lowest BCUT2D eigenvalue weighted by Crippen LogP contribution is -2.33. The van der Waals surface area contributed by atoms with Crippen LogP contribution in [-0.2, 0) is 4.79 Å². The lowest BCUT2D eigenvalue weighted by atomic mass is 10.0. The molecule has 0 heterocycles. The van der Waals surface area contributed by atoms with Crippen molar-refractivity contribution in [2.75, 3.05) is 0 Å². The summed E-state index contributed by atoms with van der Waals surface area (Å²) in [5.41, 5.74) is 5.36. The summed E-state index contributed by atoms with van der Waals surface area (Å²) in [5, 5.41) is 17.5. The number of hydrogen-bond donors (Lipinski definition) is 3. The first-order valence-corrected chi connectivity index (χ1v) is 3.95. The SMILES string of the molecule is N[C@@H](c1ccccc1F)[C@@H](O)C(=O)O. The Hall–Kier alpha value is -1.46. The predicted molar refractivity (Wildman–Crippen MR) is 47.0 cm³/mol. The van der Waals surface area contributed by atoms with Gasteiger partial charge in [-0.1, -0.05) is 18.2 Å². The standard InChI is InChI=1S/C9H10FNO3/c10-6-4-2-1-3-5(6)7(11)8(12)9(13)14/h1-4,7-8,12H,11H2,(H,13,14)/t7-,8+/m0/s1. The molecule has 76 valence electrons. The van der Waals surface area contributed by atoms with Crippen LogP contribution in [0.2, 0.25) is 0 Å². The molecule has 1 rings (SSSR count). The van der Waals surface area contributed by atoms with E-state index in [0.29, 0.717) is 0 Å². The Kier molecular flexibility index (Phi) is 3.16. The van der Waals surface area contributed by atoms with Gasteiger partial charge in [0.15, 0.2) is 6.10 Å². The highest BCUT2D eigenvalue weighted by molar-refractivity contribution is 5.73. The quantitative estimate of drug-likeness (QED) is 0.652. The fraction of sp³-hybridized carbons (Fsp3) is 0.222. The van der Waals surface area contributed by atoms with Crippen LogP contribution in [0.15, 0.2) is 24.3 Å². The van der Waals surface area contributed by atoms with Gasteiger partial charge in [-0.3, -0.25) is 0 Å². The average molecular weight is 199 g/mol. The Balaban J connectivity index is 2.94. The molecule has 4 nitrogen and oxygen atoms in total. The van der Waals surface area contributed by atoms with Crippen LogP contribution in [-0.4, -0.2) is 22.3 Å². The van der Waals surface area contributed by atoms with Crippen molar-refractivity contribution in [1.29, 1.82) is 0 Å². The molecule has 2 atom stereocenters. The Morgan fingerprint density at radius 2 is 2.00 bits per heavy atom. The number of aliphatic carboxylic acids is 1. The number of hydrogen-bond acceptors (Lipinski definition) is 3. The van der Waals surface area contributed by atoms with Crippen molar-refractivity contribution >= 4 is 5.97 Å². The van der Waals surface area contributed by atoms with Crippen molar-refractivity contribution in [2.45, 2.75) is 12.1 Å². The normalized spacial score (nSPS) is 14.8. The number of carbonyl (C=O) groups is 1. The molecule has 0 aromatic heterocycles. The molecule has 0 aliphatic carbocycles. The molecule has 0 aliphatic rings. The van der Waals surface area contributed by atoms with Crippen molar-refractivity contribution < 1.29 is 19.4 Å². The molecule has 4 N–H and O–H groups in total. The highest BCUT2D eigenvalue weighted by atomic mass is 19.1.